The van der Waals surface area contributed by atoms with Gasteiger partial charge in [-0.15, -0.1) is 6.58 Å². The van der Waals surface area contributed by atoms with E-state index in [1.54, 1.807) is 0 Å². The summed E-state index contributed by atoms with van der Waals surface area (Å²) in [6, 6.07) is 0. The molecule has 0 saturated heterocycles. The molecule has 1 fully saturated rings. The highest BCUT2D eigenvalue weighted by atomic mass is 15.1. The van der Waals surface area contributed by atoms with E-state index in [9.17, 15) is 0 Å². The highest BCUT2D eigenvalue weighted by Gasteiger charge is 2.28. The van der Waals surface area contributed by atoms with Gasteiger partial charge in [-0.2, -0.15) is 0 Å². The molecule has 1 saturated carbocycles. The zero-order chi connectivity index (χ0) is 11.1. The van der Waals surface area contributed by atoms with Crippen LogP contribution >= 0.6 is 0 Å². The quantitative estimate of drug-likeness (QED) is 0.539. The Labute approximate surface area is 94.5 Å². The summed E-state index contributed by atoms with van der Waals surface area (Å²) in [6.07, 6.45) is 10.7. The van der Waals surface area contributed by atoms with Crippen molar-refractivity contribution in [2.45, 2.75) is 50.5 Å². The van der Waals surface area contributed by atoms with E-state index in [1.165, 1.54) is 38.5 Å². The standard InChI is InChI=1S/C13H26N2/c1-3-4-8-11-15(2)12-13(14)9-6-5-7-10-13/h3H,1,4-12,14H2,2H3. The highest BCUT2D eigenvalue weighted by molar-refractivity contribution is 4.89. The van der Waals surface area contributed by atoms with Gasteiger partial charge < -0.3 is 10.6 Å². The zero-order valence-electron chi connectivity index (χ0n) is 10.2. The normalized spacial score (nSPS) is 20.5. The van der Waals surface area contributed by atoms with E-state index in [2.05, 4.69) is 18.5 Å². The van der Waals surface area contributed by atoms with E-state index in [-0.39, 0.29) is 5.54 Å². The van der Waals surface area contributed by atoms with Gasteiger partial charge in [-0.3, -0.25) is 0 Å². The lowest BCUT2D eigenvalue weighted by atomic mass is 9.82. The number of unbranched alkanes of at least 4 members (excludes halogenated alkanes) is 1. The molecule has 0 spiro atoms. The Kier molecular flexibility index (Phi) is 5.34. The molecule has 2 N–H and O–H groups in total. The van der Waals surface area contributed by atoms with Crippen LogP contribution < -0.4 is 5.73 Å². The number of likely N-dealkylation sites (N-methyl/N-ethyl adjacent to an activating group) is 1. The number of rotatable bonds is 6. The van der Waals surface area contributed by atoms with Crippen LogP contribution in [0.1, 0.15) is 44.9 Å². The Morgan fingerprint density at radius 3 is 2.60 bits per heavy atom. The Bertz CT molecular complexity index is 183. The lowest BCUT2D eigenvalue weighted by Crippen LogP contribution is -2.50. The van der Waals surface area contributed by atoms with Gasteiger partial charge >= 0.3 is 0 Å². The fourth-order valence-electron chi connectivity index (χ4n) is 2.54. The number of hydrogen-bond donors (Lipinski definition) is 1. The number of nitrogens with two attached hydrogens (primary N) is 1. The van der Waals surface area contributed by atoms with Gasteiger partial charge in [-0.25, -0.2) is 0 Å². The van der Waals surface area contributed by atoms with E-state index >= 15 is 0 Å². The smallest absolute Gasteiger partial charge is 0.0283 e. The Morgan fingerprint density at radius 2 is 2.00 bits per heavy atom. The molecular weight excluding hydrogens is 184 g/mol. The molecule has 0 radical (unpaired) electrons. The van der Waals surface area contributed by atoms with Crippen molar-refractivity contribution in [2.24, 2.45) is 5.73 Å². The summed E-state index contributed by atoms with van der Waals surface area (Å²) in [4.78, 5) is 2.38. The summed E-state index contributed by atoms with van der Waals surface area (Å²) in [5.41, 5.74) is 6.50. The molecule has 1 aliphatic carbocycles. The largest absolute Gasteiger partial charge is 0.324 e. The SMILES string of the molecule is C=CCCCN(C)CC1(N)CCCCC1. The summed E-state index contributed by atoms with van der Waals surface area (Å²) in [7, 11) is 2.19. The van der Waals surface area contributed by atoms with Crippen LogP contribution in [-0.4, -0.2) is 30.6 Å². The molecule has 1 aliphatic rings. The molecule has 1 rings (SSSR count). The molecule has 88 valence electrons. The maximum absolute atomic E-state index is 6.40. The van der Waals surface area contributed by atoms with Crippen LogP contribution in [-0.2, 0) is 0 Å². The predicted molar refractivity (Wildman–Crippen MR) is 66.9 cm³/mol. The first-order valence-electron chi connectivity index (χ1n) is 6.25. The molecule has 2 heteroatoms. The van der Waals surface area contributed by atoms with Gasteiger partial charge in [0.2, 0.25) is 0 Å². The Morgan fingerprint density at radius 1 is 1.33 bits per heavy atom. The molecule has 15 heavy (non-hydrogen) atoms. The Balaban J connectivity index is 2.22. The fourth-order valence-corrected chi connectivity index (χ4v) is 2.54. The topological polar surface area (TPSA) is 29.3 Å². The Hall–Kier alpha value is -0.340. The minimum Gasteiger partial charge on any atom is -0.324 e. The van der Waals surface area contributed by atoms with E-state index in [1.807, 2.05) is 6.08 Å². The van der Waals surface area contributed by atoms with Gasteiger partial charge in [0.1, 0.15) is 0 Å². The molecule has 0 unspecified atom stereocenters. The second-order valence-corrected chi connectivity index (χ2v) is 5.09. The van der Waals surface area contributed by atoms with Crippen molar-refractivity contribution >= 4 is 0 Å². The van der Waals surface area contributed by atoms with Gasteiger partial charge in [-0.1, -0.05) is 25.3 Å². The van der Waals surface area contributed by atoms with Crippen molar-refractivity contribution in [1.82, 2.24) is 4.90 Å². The molecule has 0 aromatic rings. The summed E-state index contributed by atoms with van der Waals surface area (Å²) in [5, 5.41) is 0. The third-order valence-electron chi connectivity index (χ3n) is 3.38. The zero-order valence-corrected chi connectivity index (χ0v) is 10.2. The molecule has 0 aliphatic heterocycles. The van der Waals surface area contributed by atoms with E-state index in [0.29, 0.717) is 0 Å². The number of allylic oxidation sites excluding steroid dienone is 1. The lowest BCUT2D eigenvalue weighted by molar-refractivity contribution is 0.197. The number of hydrogen-bond acceptors (Lipinski definition) is 2. The summed E-state index contributed by atoms with van der Waals surface area (Å²) < 4.78 is 0. The van der Waals surface area contributed by atoms with Crippen molar-refractivity contribution < 1.29 is 0 Å². The molecular formula is C13H26N2. The number of nitrogens with zero attached hydrogens (tertiary/aromatic N) is 1. The summed E-state index contributed by atoms with van der Waals surface area (Å²) in [6.45, 7) is 5.95. The van der Waals surface area contributed by atoms with Crippen LogP contribution in [0.15, 0.2) is 12.7 Å². The van der Waals surface area contributed by atoms with Crippen molar-refractivity contribution in [2.75, 3.05) is 20.1 Å². The van der Waals surface area contributed by atoms with Crippen LogP contribution in [0.2, 0.25) is 0 Å². The first kappa shape index (κ1) is 12.7. The first-order valence-corrected chi connectivity index (χ1v) is 6.25. The van der Waals surface area contributed by atoms with Crippen molar-refractivity contribution in [3.05, 3.63) is 12.7 Å². The lowest BCUT2D eigenvalue weighted by Gasteiger charge is -2.36. The third kappa shape index (κ3) is 4.80. The minimum absolute atomic E-state index is 0.0984. The maximum atomic E-state index is 6.40. The maximum Gasteiger partial charge on any atom is 0.0283 e. The molecule has 0 bridgehead atoms. The van der Waals surface area contributed by atoms with Crippen LogP contribution in [0.4, 0.5) is 0 Å². The highest BCUT2D eigenvalue weighted by Crippen LogP contribution is 2.26. The molecule has 2 nitrogen and oxygen atoms in total. The van der Waals surface area contributed by atoms with Crippen LogP contribution in [0.5, 0.6) is 0 Å². The molecule has 0 aromatic heterocycles. The van der Waals surface area contributed by atoms with Gasteiger partial charge in [-0.05, 0) is 39.3 Å². The molecule has 0 aromatic carbocycles. The average Bonchev–Trinajstić information content (AvgIpc) is 2.18. The van der Waals surface area contributed by atoms with Gasteiger partial charge in [0.15, 0.2) is 0 Å². The van der Waals surface area contributed by atoms with E-state index in [4.69, 9.17) is 5.73 Å². The monoisotopic (exact) mass is 210 g/mol. The fraction of sp³-hybridized carbons (Fsp3) is 0.846. The summed E-state index contributed by atoms with van der Waals surface area (Å²) >= 11 is 0. The van der Waals surface area contributed by atoms with Crippen molar-refractivity contribution in [3.8, 4) is 0 Å². The molecule has 0 atom stereocenters. The van der Waals surface area contributed by atoms with Crippen LogP contribution in [0.25, 0.3) is 0 Å². The predicted octanol–water partition coefficient (Wildman–Crippen LogP) is 2.55. The van der Waals surface area contributed by atoms with Crippen molar-refractivity contribution in [1.29, 1.82) is 0 Å². The molecule has 0 amide bonds. The van der Waals surface area contributed by atoms with Crippen LogP contribution in [0, 0.1) is 0 Å². The van der Waals surface area contributed by atoms with E-state index in [0.717, 1.165) is 19.5 Å². The van der Waals surface area contributed by atoms with Crippen LogP contribution in [0.3, 0.4) is 0 Å². The summed E-state index contributed by atoms with van der Waals surface area (Å²) in [5.74, 6) is 0. The minimum atomic E-state index is 0.0984. The van der Waals surface area contributed by atoms with Gasteiger partial charge in [0, 0.05) is 12.1 Å². The van der Waals surface area contributed by atoms with Gasteiger partial charge in [0.25, 0.3) is 0 Å². The second-order valence-electron chi connectivity index (χ2n) is 5.09. The first-order chi connectivity index (χ1) is 7.16. The average molecular weight is 210 g/mol. The second kappa shape index (κ2) is 6.29. The molecule has 0 heterocycles. The third-order valence-corrected chi connectivity index (χ3v) is 3.38. The van der Waals surface area contributed by atoms with Crippen molar-refractivity contribution in [3.63, 3.8) is 0 Å². The van der Waals surface area contributed by atoms with E-state index < -0.39 is 0 Å². The van der Waals surface area contributed by atoms with Gasteiger partial charge in [0.05, 0.1) is 0 Å².